The summed E-state index contributed by atoms with van der Waals surface area (Å²) in [5.41, 5.74) is 4.46. The van der Waals surface area contributed by atoms with Crippen molar-refractivity contribution in [3.05, 3.63) is 103 Å². The maximum absolute atomic E-state index is 13.2. The predicted molar refractivity (Wildman–Crippen MR) is 124 cm³/mol. The van der Waals surface area contributed by atoms with E-state index in [-0.39, 0.29) is 5.56 Å². The Morgan fingerprint density at radius 1 is 0.824 bits per heavy atom. The van der Waals surface area contributed by atoms with Gasteiger partial charge >= 0.3 is 27.5 Å². The van der Waals surface area contributed by atoms with Gasteiger partial charge in [0, 0.05) is 55.7 Å². The summed E-state index contributed by atoms with van der Waals surface area (Å²) in [4.78, 5) is 3.95. The second-order valence-electron chi connectivity index (χ2n) is 6.98. The topological polar surface area (TPSA) is 48.5 Å². The molecule has 0 saturated heterocycles. The van der Waals surface area contributed by atoms with Crippen molar-refractivity contribution in [3.8, 4) is 33.8 Å². The number of nitrogens with zero attached hydrogens (tertiary/aromatic N) is 5. The summed E-state index contributed by atoms with van der Waals surface area (Å²) in [6, 6.07) is 22.9. The van der Waals surface area contributed by atoms with Gasteiger partial charge in [0.15, 0.2) is 0 Å². The monoisotopic (exact) mass is 655 g/mol. The maximum atomic E-state index is 13.2. The average Bonchev–Trinajstić information content (AvgIpc) is 3.50. The standard InChI is InChI=1S/C14H13N4.C11H6F2N.ClH.Ir/c1-17-8-6-13(15-17)11-4-3-5-12(10-11)14-7-9-18(2)16-14;12-8-4-5-9(10(13)7-8)11-3-1-2-6-14-11;;/h3-9H,1-2H3;1-4,6-7H;1H;/q2*-1;;+3/p-1. The summed E-state index contributed by atoms with van der Waals surface area (Å²) in [5.74, 6) is -1.29. The van der Waals surface area contributed by atoms with E-state index in [1.165, 1.54) is 17.9 Å². The molecular formula is C25H19ClF2IrN5. The molecular weight excluding hydrogens is 636 g/mol. The second kappa shape index (κ2) is 12.3. The molecule has 0 spiro atoms. The fourth-order valence-corrected chi connectivity index (χ4v) is 3.04. The predicted octanol–water partition coefficient (Wildman–Crippen LogP) is 5.80. The van der Waals surface area contributed by atoms with Gasteiger partial charge in [-0.05, 0) is 11.8 Å². The second-order valence-corrected chi connectivity index (χ2v) is 6.98. The Morgan fingerprint density at radius 3 is 1.91 bits per heavy atom. The van der Waals surface area contributed by atoms with E-state index >= 15 is 0 Å². The number of benzene rings is 2. The molecule has 0 atom stereocenters. The Labute approximate surface area is 211 Å². The Bertz CT molecular complexity index is 1280. The molecule has 0 radical (unpaired) electrons. The fourth-order valence-electron chi connectivity index (χ4n) is 3.04. The SMILES string of the molecule is Cn1ccc(-c2[c-]c(-c3ccn(C)n3)ccc2)n1.Fc1c[c-]c(-c2ccccn2)c(F)c1.[Cl][Ir+2]. The van der Waals surface area contributed by atoms with Crippen LogP contribution in [0.15, 0.2) is 79.3 Å². The van der Waals surface area contributed by atoms with E-state index in [2.05, 4.69) is 36.9 Å². The molecule has 9 heteroatoms. The van der Waals surface area contributed by atoms with Crippen LogP contribution in [0.1, 0.15) is 0 Å². The number of pyridine rings is 1. The molecule has 5 aromatic rings. The van der Waals surface area contributed by atoms with Crippen molar-refractivity contribution in [1.29, 1.82) is 0 Å². The Hall–Kier alpha value is -3.19. The first kappa shape index (κ1) is 25.4. The van der Waals surface area contributed by atoms with Crippen LogP contribution in [0.4, 0.5) is 8.78 Å². The number of aryl methyl sites for hydroxylation is 2. The quantitative estimate of drug-likeness (QED) is 0.231. The van der Waals surface area contributed by atoms with Crippen LogP contribution in [0.3, 0.4) is 0 Å². The van der Waals surface area contributed by atoms with Crippen molar-refractivity contribution in [3.63, 3.8) is 0 Å². The molecule has 5 rings (SSSR count). The summed E-state index contributed by atoms with van der Waals surface area (Å²) >= 11 is 1.47. The summed E-state index contributed by atoms with van der Waals surface area (Å²) in [6.45, 7) is 0. The van der Waals surface area contributed by atoms with Crippen molar-refractivity contribution in [2.24, 2.45) is 14.1 Å². The van der Waals surface area contributed by atoms with Crippen LogP contribution in [0.25, 0.3) is 33.8 Å². The molecule has 5 nitrogen and oxygen atoms in total. The third-order valence-corrected chi connectivity index (χ3v) is 4.55. The van der Waals surface area contributed by atoms with Gasteiger partial charge in [0.25, 0.3) is 0 Å². The molecule has 3 aromatic heterocycles. The third kappa shape index (κ3) is 6.67. The van der Waals surface area contributed by atoms with Crippen molar-refractivity contribution in [2.75, 3.05) is 0 Å². The minimum absolute atomic E-state index is 0.187. The minimum atomic E-state index is -0.649. The molecule has 2 aromatic carbocycles. The summed E-state index contributed by atoms with van der Waals surface area (Å²) in [7, 11) is 8.46. The molecule has 0 aliphatic carbocycles. The summed E-state index contributed by atoms with van der Waals surface area (Å²) < 4.78 is 29.4. The van der Waals surface area contributed by atoms with Gasteiger partial charge in [0.2, 0.25) is 0 Å². The first-order valence-electron chi connectivity index (χ1n) is 9.93. The summed E-state index contributed by atoms with van der Waals surface area (Å²) in [6.07, 6.45) is 5.40. The van der Waals surface area contributed by atoms with Crippen LogP contribution >= 0.6 is 9.58 Å². The molecule has 3 heterocycles. The van der Waals surface area contributed by atoms with Gasteiger partial charge in [-0.1, -0.05) is 47.0 Å². The fraction of sp³-hybridized carbons (Fsp3) is 0.0800. The van der Waals surface area contributed by atoms with Gasteiger partial charge in [-0.15, -0.1) is 36.4 Å². The van der Waals surface area contributed by atoms with Crippen LogP contribution in [0.2, 0.25) is 0 Å². The number of hydrogen-bond acceptors (Lipinski definition) is 3. The molecule has 0 unspecified atom stereocenters. The number of halogens is 3. The number of rotatable bonds is 3. The zero-order valence-electron chi connectivity index (χ0n) is 18.2. The number of hydrogen-bond donors (Lipinski definition) is 0. The van der Waals surface area contributed by atoms with Gasteiger partial charge in [-0.25, -0.2) is 10.2 Å². The van der Waals surface area contributed by atoms with Crippen molar-refractivity contribution < 1.29 is 26.7 Å². The van der Waals surface area contributed by atoms with Gasteiger partial charge < -0.3 is 4.98 Å². The average molecular weight is 655 g/mol. The van der Waals surface area contributed by atoms with Gasteiger partial charge in [0.05, 0.1) is 0 Å². The number of aromatic nitrogens is 5. The van der Waals surface area contributed by atoms with E-state index in [1.54, 1.807) is 33.8 Å². The molecule has 0 saturated carbocycles. The van der Waals surface area contributed by atoms with Crippen LogP contribution in [0, 0.1) is 23.8 Å². The van der Waals surface area contributed by atoms with Crippen LogP contribution in [-0.4, -0.2) is 24.5 Å². The van der Waals surface area contributed by atoms with Gasteiger partial charge in [-0.3, -0.25) is 18.1 Å². The van der Waals surface area contributed by atoms with E-state index in [9.17, 15) is 8.78 Å². The molecule has 34 heavy (non-hydrogen) atoms. The van der Waals surface area contributed by atoms with Crippen molar-refractivity contribution >= 4 is 9.58 Å². The Balaban J connectivity index is 0.000000183. The van der Waals surface area contributed by atoms with Crippen molar-refractivity contribution in [2.45, 2.75) is 0 Å². The van der Waals surface area contributed by atoms with Gasteiger partial charge in [-0.2, -0.15) is 0 Å². The molecule has 174 valence electrons. The van der Waals surface area contributed by atoms with E-state index in [0.717, 1.165) is 34.6 Å². The van der Waals surface area contributed by atoms with Crippen molar-refractivity contribution in [1.82, 2.24) is 24.5 Å². The molecule has 0 aliphatic rings. The normalized spacial score (nSPS) is 10.1. The van der Waals surface area contributed by atoms with Crippen LogP contribution in [0.5, 0.6) is 0 Å². The first-order chi connectivity index (χ1) is 16.5. The molecule has 0 N–H and O–H groups in total. The van der Waals surface area contributed by atoms with E-state index in [4.69, 9.17) is 0 Å². The molecule has 0 aliphatic heterocycles. The van der Waals surface area contributed by atoms with Gasteiger partial charge in [0.1, 0.15) is 0 Å². The van der Waals surface area contributed by atoms with Crippen LogP contribution < -0.4 is 0 Å². The van der Waals surface area contributed by atoms with E-state index in [0.29, 0.717) is 5.69 Å². The molecule has 0 bridgehead atoms. The molecule has 0 amide bonds. The van der Waals surface area contributed by atoms with Crippen LogP contribution in [-0.2, 0) is 32.0 Å². The zero-order chi connectivity index (χ0) is 24.5. The molecule has 0 fully saturated rings. The third-order valence-electron chi connectivity index (χ3n) is 4.55. The summed E-state index contributed by atoms with van der Waals surface area (Å²) in [5, 5.41) is 8.76. The van der Waals surface area contributed by atoms with E-state index in [1.807, 2.05) is 56.8 Å². The first-order valence-corrected chi connectivity index (χ1v) is 12.9. The Morgan fingerprint density at radius 2 is 1.44 bits per heavy atom. The van der Waals surface area contributed by atoms with E-state index < -0.39 is 11.6 Å². The zero-order valence-corrected chi connectivity index (χ0v) is 21.4. The Kier molecular flexibility index (Phi) is 9.22.